The third-order valence-corrected chi connectivity index (χ3v) is 5.89. The number of fused-ring (bicyclic) bond motifs is 1. The van der Waals surface area contributed by atoms with Crippen molar-refractivity contribution in [2.75, 3.05) is 32.7 Å². The standard InChI is InChI=1S/C23H28BN3O5/c1-16-20(6-5-19-15-32-24(30)22(16)19)23(29)26-12-21(28)31-14-18-4-2-3-17(11-18)13-27-9-7-25-8-10-27/h2-6,11,25,30H,7-10,12-15H2,1H3,(H,26,29). The SMILES string of the molecule is Cc1c(C(=O)NCC(=O)OCc2cccc(CN3CCNCC3)c2)ccc2c1B(O)OC2. The van der Waals surface area contributed by atoms with Crippen LogP contribution in [-0.2, 0) is 33.9 Å². The Morgan fingerprint density at radius 2 is 2.00 bits per heavy atom. The molecular weight excluding hydrogens is 409 g/mol. The van der Waals surface area contributed by atoms with Crippen LogP contribution in [0, 0.1) is 6.92 Å². The Balaban J connectivity index is 1.26. The van der Waals surface area contributed by atoms with E-state index in [0.29, 0.717) is 23.2 Å². The maximum absolute atomic E-state index is 12.5. The van der Waals surface area contributed by atoms with Crippen LogP contribution in [-0.4, -0.2) is 61.6 Å². The van der Waals surface area contributed by atoms with Gasteiger partial charge >= 0.3 is 13.1 Å². The molecule has 0 radical (unpaired) electrons. The number of nitrogens with zero attached hydrogens (tertiary/aromatic N) is 1. The van der Waals surface area contributed by atoms with E-state index in [-0.39, 0.29) is 19.1 Å². The van der Waals surface area contributed by atoms with E-state index < -0.39 is 13.1 Å². The first-order valence-corrected chi connectivity index (χ1v) is 10.9. The molecule has 4 rings (SSSR count). The number of hydrogen-bond donors (Lipinski definition) is 3. The zero-order valence-corrected chi connectivity index (χ0v) is 18.2. The van der Waals surface area contributed by atoms with Gasteiger partial charge in [-0.15, -0.1) is 0 Å². The summed E-state index contributed by atoms with van der Waals surface area (Å²) in [6.07, 6.45) is 0. The molecule has 0 aromatic heterocycles. The average molecular weight is 437 g/mol. The van der Waals surface area contributed by atoms with Gasteiger partial charge < -0.3 is 25.0 Å². The lowest BCUT2D eigenvalue weighted by Crippen LogP contribution is -2.42. The van der Waals surface area contributed by atoms with Gasteiger partial charge in [0, 0.05) is 38.3 Å². The van der Waals surface area contributed by atoms with Gasteiger partial charge in [-0.3, -0.25) is 14.5 Å². The Morgan fingerprint density at radius 1 is 1.22 bits per heavy atom. The lowest BCUT2D eigenvalue weighted by atomic mass is 9.75. The smallest absolute Gasteiger partial charge is 0.460 e. The van der Waals surface area contributed by atoms with Crippen molar-refractivity contribution in [3.63, 3.8) is 0 Å². The van der Waals surface area contributed by atoms with Crippen LogP contribution in [0.3, 0.4) is 0 Å². The molecule has 2 aliphatic heterocycles. The van der Waals surface area contributed by atoms with E-state index in [0.717, 1.165) is 43.9 Å². The number of carbonyl (C=O) groups is 2. The molecule has 1 fully saturated rings. The van der Waals surface area contributed by atoms with Gasteiger partial charge in [-0.1, -0.05) is 30.3 Å². The number of esters is 1. The van der Waals surface area contributed by atoms with Crippen LogP contribution >= 0.6 is 0 Å². The summed E-state index contributed by atoms with van der Waals surface area (Å²) in [5, 5.41) is 15.9. The predicted octanol–water partition coefficient (Wildman–Crippen LogP) is 0.0911. The second kappa shape index (κ2) is 10.3. The number of benzene rings is 2. The zero-order chi connectivity index (χ0) is 22.5. The molecule has 2 heterocycles. The molecular formula is C23H28BN3O5. The van der Waals surface area contributed by atoms with E-state index >= 15 is 0 Å². The Morgan fingerprint density at radius 3 is 2.81 bits per heavy atom. The fraction of sp³-hybridized carbons (Fsp3) is 0.391. The fourth-order valence-electron chi connectivity index (χ4n) is 4.16. The van der Waals surface area contributed by atoms with Crippen molar-refractivity contribution >= 4 is 24.5 Å². The highest BCUT2D eigenvalue weighted by atomic mass is 16.5. The molecule has 32 heavy (non-hydrogen) atoms. The summed E-state index contributed by atoms with van der Waals surface area (Å²) < 4.78 is 10.5. The molecule has 2 aromatic carbocycles. The summed E-state index contributed by atoms with van der Waals surface area (Å²) in [6, 6.07) is 11.5. The van der Waals surface area contributed by atoms with E-state index in [1.54, 1.807) is 19.1 Å². The largest absolute Gasteiger partial charge is 0.492 e. The lowest BCUT2D eigenvalue weighted by Gasteiger charge is -2.27. The minimum absolute atomic E-state index is 0.158. The van der Waals surface area contributed by atoms with Gasteiger partial charge in [0.1, 0.15) is 13.2 Å². The summed E-state index contributed by atoms with van der Waals surface area (Å²) in [6.45, 7) is 6.94. The summed E-state index contributed by atoms with van der Waals surface area (Å²) in [7, 11) is -1.02. The summed E-state index contributed by atoms with van der Waals surface area (Å²) in [4.78, 5) is 27.1. The zero-order valence-electron chi connectivity index (χ0n) is 18.2. The van der Waals surface area contributed by atoms with Crippen molar-refractivity contribution in [3.8, 4) is 0 Å². The van der Waals surface area contributed by atoms with E-state index in [9.17, 15) is 14.6 Å². The van der Waals surface area contributed by atoms with Crippen molar-refractivity contribution in [3.05, 3.63) is 64.2 Å². The van der Waals surface area contributed by atoms with Crippen LogP contribution in [0.25, 0.3) is 0 Å². The normalized spacial score (nSPS) is 16.0. The molecule has 0 spiro atoms. The third-order valence-electron chi connectivity index (χ3n) is 5.89. The summed E-state index contributed by atoms with van der Waals surface area (Å²) in [5.74, 6) is -0.896. The molecule has 1 saturated heterocycles. The van der Waals surface area contributed by atoms with E-state index in [4.69, 9.17) is 9.39 Å². The molecule has 0 saturated carbocycles. The minimum atomic E-state index is -1.02. The second-order valence-electron chi connectivity index (χ2n) is 8.16. The number of hydrogen-bond acceptors (Lipinski definition) is 7. The molecule has 2 aromatic rings. The summed E-state index contributed by atoms with van der Waals surface area (Å²) in [5.41, 5.74) is 4.65. The number of piperazine rings is 1. The molecule has 9 heteroatoms. The second-order valence-corrected chi connectivity index (χ2v) is 8.16. The maximum Gasteiger partial charge on any atom is 0.492 e. The van der Waals surface area contributed by atoms with Gasteiger partial charge in [0.2, 0.25) is 0 Å². The topological polar surface area (TPSA) is 100 Å². The highest BCUT2D eigenvalue weighted by molar-refractivity contribution is 6.62. The minimum Gasteiger partial charge on any atom is -0.460 e. The molecule has 0 aliphatic carbocycles. The Hall–Kier alpha value is -2.72. The van der Waals surface area contributed by atoms with E-state index in [2.05, 4.69) is 27.7 Å². The fourth-order valence-corrected chi connectivity index (χ4v) is 4.16. The Bertz CT molecular complexity index is 994. The molecule has 0 bridgehead atoms. The Labute approximate surface area is 188 Å². The van der Waals surface area contributed by atoms with Crippen LogP contribution in [0.5, 0.6) is 0 Å². The first kappa shape index (κ1) is 22.5. The molecule has 1 amide bonds. The van der Waals surface area contributed by atoms with Gasteiger partial charge in [-0.25, -0.2) is 0 Å². The highest BCUT2D eigenvalue weighted by Gasteiger charge is 2.31. The van der Waals surface area contributed by atoms with Crippen LogP contribution < -0.4 is 16.1 Å². The van der Waals surface area contributed by atoms with Crippen molar-refractivity contribution in [2.24, 2.45) is 0 Å². The molecule has 2 aliphatic rings. The number of ether oxygens (including phenoxy) is 1. The number of rotatable bonds is 7. The Kier molecular flexibility index (Phi) is 7.21. The average Bonchev–Trinajstić information content (AvgIpc) is 3.19. The number of nitrogens with one attached hydrogen (secondary N) is 2. The first-order chi connectivity index (χ1) is 15.5. The van der Waals surface area contributed by atoms with E-state index in [1.165, 1.54) is 5.56 Å². The van der Waals surface area contributed by atoms with Crippen LogP contribution in [0.2, 0.25) is 0 Å². The molecule has 0 atom stereocenters. The van der Waals surface area contributed by atoms with Gasteiger partial charge in [-0.05, 0) is 40.7 Å². The monoisotopic (exact) mass is 437 g/mol. The number of amides is 1. The van der Waals surface area contributed by atoms with E-state index in [1.807, 2.05) is 12.1 Å². The molecule has 168 valence electrons. The van der Waals surface area contributed by atoms with Crippen molar-refractivity contribution in [1.82, 2.24) is 15.5 Å². The van der Waals surface area contributed by atoms with Crippen molar-refractivity contribution < 1.29 is 24.0 Å². The first-order valence-electron chi connectivity index (χ1n) is 10.9. The van der Waals surface area contributed by atoms with Gasteiger partial charge in [-0.2, -0.15) is 0 Å². The van der Waals surface area contributed by atoms with Crippen molar-refractivity contribution in [1.29, 1.82) is 0 Å². The molecule has 8 nitrogen and oxygen atoms in total. The number of carbonyl (C=O) groups excluding carboxylic acids is 2. The van der Waals surface area contributed by atoms with Gasteiger partial charge in [0.05, 0.1) is 6.61 Å². The van der Waals surface area contributed by atoms with Crippen LogP contribution in [0.4, 0.5) is 0 Å². The quantitative estimate of drug-likeness (QED) is 0.417. The molecule has 3 N–H and O–H groups in total. The van der Waals surface area contributed by atoms with Gasteiger partial charge in [0.25, 0.3) is 5.91 Å². The molecule has 0 unspecified atom stereocenters. The highest BCUT2D eigenvalue weighted by Crippen LogP contribution is 2.16. The van der Waals surface area contributed by atoms with Crippen LogP contribution in [0.15, 0.2) is 36.4 Å². The lowest BCUT2D eigenvalue weighted by molar-refractivity contribution is -0.143. The predicted molar refractivity (Wildman–Crippen MR) is 120 cm³/mol. The van der Waals surface area contributed by atoms with Crippen molar-refractivity contribution in [2.45, 2.75) is 26.7 Å². The third kappa shape index (κ3) is 5.36. The van der Waals surface area contributed by atoms with Gasteiger partial charge in [0.15, 0.2) is 0 Å². The summed E-state index contributed by atoms with van der Waals surface area (Å²) >= 11 is 0. The maximum atomic E-state index is 12.5. The van der Waals surface area contributed by atoms with Crippen LogP contribution in [0.1, 0.15) is 32.6 Å².